The summed E-state index contributed by atoms with van der Waals surface area (Å²) >= 11 is 2.82. The van der Waals surface area contributed by atoms with Crippen LogP contribution >= 0.6 is 22.7 Å². The Balaban J connectivity index is 2.09. The van der Waals surface area contributed by atoms with Gasteiger partial charge in [-0.05, 0) is 18.4 Å². The largest absolute Gasteiger partial charge is 0.381 e. The third-order valence-electron chi connectivity index (χ3n) is 2.52. The van der Waals surface area contributed by atoms with Crippen molar-refractivity contribution >= 4 is 34.5 Å². The second-order valence-electron chi connectivity index (χ2n) is 4.04. The van der Waals surface area contributed by atoms with Crippen molar-refractivity contribution in [3.63, 3.8) is 0 Å². The maximum atomic E-state index is 12.0. The number of carbonyl (C=O) groups excluding carboxylic acids is 2. The monoisotopic (exact) mass is 311 g/mol. The molecule has 0 aliphatic rings. The first kappa shape index (κ1) is 14.6. The van der Waals surface area contributed by atoms with E-state index in [-0.39, 0.29) is 12.5 Å². The molecule has 2 aromatic heterocycles. The summed E-state index contributed by atoms with van der Waals surface area (Å²) in [6.45, 7) is 1.53. The molecule has 1 unspecified atom stereocenters. The zero-order valence-corrected chi connectivity index (χ0v) is 12.3. The lowest BCUT2D eigenvalue weighted by Crippen LogP contribution is -2.39. The number of primary amides is 1. The minimum atomic E-state index is -1.39. The van der Waals surface area contributed by atoms with Gasteiger partial charge in [-0.1, -0.05) is 6.07 Å². The number of thiophene rings is 1. The van der Waals surface area contributed by atoms with Crippen molar-refractivity contribution in [2.45, 2.75) is 13.0 Å². The van der Waals surface area contributed by atoms with E-state index in [4.69, 9.17) is 5.73 Å². The van der Waals surface area contributed by atoms with Crippen LogP contribution in [0.15, 0.2) is 17.5 Å². The van der Waals surface area contributed by atoms with Gasteiger partial charge in [0.15, 0.2) is 0 Å². The molecule has 0 bridgehead atoms. The Labute approximate surface area is 123 Å². The summed E-state index contributed by atoms with van der Waals surface area (Å²) < 4.78 is 0. The van der Waals surface area contributed by atoms with E-state index in [2.05, 4.69) is 10.3 Å². The third-order valence-corrected chi connectivity index (χ3v) is 4.71. The molecule has 2 aromatic rings. The van der Waals surface area contributed by atoms with Gasteiger partial charge in [0.05, 0.1) is 17.1 Å². The first-order chi connectivity index (χ1) is 9.49. The quantitative estimate of drug-likeness (QED) is 0.758. The number of rotatable bonds is 5. The molecule has 0 radical (unpaired) electrons. The van der Waals surface area contributed by atoms with Crippen molar-refractivity contribution in [1.29, 1.82) is 0 Å². The minimum absolute atomic E-state index is 0.208. The van der Waals surface area contributed by atoms with Crippen molar-refractivity contribution < 1.29 is 14.7 Å². The average molecular weight is 311 g/mol. The van der Waals surface area contributed by atoms with Crippen LogP contribution in [0, 0.1) is 6.92 Å². The smallest absolute Gasteiger partial charge is 0.263 e. The van der Waals surface area contributed by atoms with Gasteiger partial charge in [0.2, 0.25) is 5.91 Å². The highest BCUT2D eigenvalue weighted by atomic mass is 32.1. The zero-order valence-electron chi connectivity index (χ0n) is 10.6. The van der Waals surface area contributed by atoms with Crippen molar-refractivity contribution in [1.82, 2.24) is 10.3 Å². The molecule has 0 saturated carbocycles. The van der Waals surface area contributed by atoms with E-state index < -0.39 is 12.0 Å². The van der Waals surface area contributed by atoms with Crippen molar-refractivity contribution in [3.05, 3.63) is 28.1 Å². The lowest BCUT2D eigenvalue weighted by Gasteiger charge is -2.07. The highest BCUT2D eigenvalue weighted by Crippen LogP contribution is 2.30. The molecule has 0 aliphatic carbocycles. The lowest BCUT2D eigenvalue weighted by molar-refractivity contribution is -0.125. The molecule has 0 saturated heterocycles. The first-order valence-electron chi connectivity index (χ1n) is 5.76. The van der Waals surface area contributed by atoms with E-state index in [1.807, 2.05) is 17.5 Å². The Morgan fingerprint density at radius 1 is 1.55 bits per heavy atom. The molecule has 0 aliphatic heterocycles. The van der Waals surface area contributed by atoms with Crippen LogP contribution in [0.4, 0.5) is 0 Å². The number of nitrogens with zero attached hydrogens (tertiary/aromatic N) is 1. The number of aryl methyl sites for hydroxylation is 1. The number of aliphatic hydroxyl groups excluding tert-OH is 1. The SMILES string of the molecule is Cc1nc(-c2cccs2)sc1C(=O)NCC(O)C(N)=O. The second kappa shape index (κ2) is 6.12. The summed E-state index contributed by atoms with van der Waals surface area (Å²) in [7, 11) is 0. The number of aromatic nitrogens is 1. The molecular formula is C12H13N3O3S2. The summed E-state index contributed by atoms with van der Waals surface area (Å²) in [5.74, 6) is -1.24. The Morgan fingerprint density at radius 3 is 2.90 bits per heavy atom. The summed E-state index contributed by atoms with van der Waals surface area (Å²) in [6, 6.07) is 3.85. The van der Waals surface area contributed by atoms with E-state index in [9.17, 15) is 14.7 Å². The number of nitrogens with one attached hydrogen (secondary N) is 1. The van der Waals surface area contributed by atoms with Gasteiger partial charge in [0, 0.05) is 0 Å². The van der Waals surface area contributed by atoms with Crippen LogP contribution < -0.4 is 11.1 Å². The van der Waals surface area contributed by atoms with E-state index in [1.54, 1.807) is 18.3 Å². The maximum Gasteiger partial charge on any atom is 0.263 e. The lowest BCUT2D eigenvalue weighted by atomic mass is 10.3. The number of carbonyl (C=O) groups is 2. The number of amides is 2. The van der Waals surface area contributed by atoms with E-state index >= 15 is 0 Å². The summed E-state index contributed by atoms with van der Waals surface area (Å²) in [6.07, 6.45) is -1.39. The predicted octanol–water partition coefficient (Wildman–Crippen LogP) is 0.756. The molecule has 6 nitrogen and oxygen atoms in total. The zero-order chi connectivity index (χ0) is 14.7. The number of hydrogen-bond donors (Lipinski definition) is 3. The minimum Gasteiger partial charge on any atom is -0.381 e. The fourth-order valence-corrected chi connectivity index (χ4v) is 3.26. The molecule has 0 fully saturated rings. The number of aliphatic hydroxyl groups is 1. The molecule has 2 rings (SSSR count). The standard InChI is InChI=1S/C12H13N3O3S2/c1-6-9(11(18)14-5-7(16)10(13)17)20-12(15-6)8-3-2-4-19-8/h2-4,7,16H,5H2,1H3,(H2,13,17)(H,14,18). The summed E-state index contributed by atoms with van der Waals surface area (Å²) in [5.41, 5.74) is 5.53. The summed E-state index contributed by atoms with van der Waals surface area (Å²) in [4.78, 5) is 28.5. The van der Waals surface area contributed by atoms with Crippen LogP contribution in [0.3, 0.4) is 0 Å². The molecule has 2 amide bonds. The Kier molecular flexibility index (Phi) is 4.48. The van der Waals surface area contributed by atoms with Crippen molar-refractivity contribution in [2.24, 2.45) is 5.73 Å². The number of nitrogens with two attached hydrogens (primary N) is 1. The Morgan fingerprint density at radius 2 is 2.30 bits per heavy atom. The second-order valence-corrected chi connectivity index (χ2v) is 5.99. The maximum absolute atomic E-state index is 12.0. The van der Waals surface area contributed by atoms with E-state index in [0.29, 0.717) is 10.6 Å². The average Bonchev–Trinajstić information content (AvgIpc) is 3.04. The molecule has 2 heterocycles. The topological polar surface area (TPSA) is 105 Å². The highest BCUT2D eigenvalue weighted by Gasteiger charge is 2.18. The highest BCUT2D eigenvalue weighted by molar-refractivity contribution is 7.22. The molecule has 0 spiro atoms. The molecule has 4 N–H and O–H groups in total. The van der Waals surface area contributed by atoms with Crippen LogP contribution in [-0.2, 0) is 4.79 Å². The molecule has 20 heavy (non-hydrogen) atoms. The van der Waals surface area contributed by atoms with Gasteiger partial charge in [0.25, 0.3) is 5.91 Å². The fraction of sp³-hybridized carbons (Fsp3) is 0.250. The van der Waals surface area contributed by atoms with Gasteiger partial charge >= 0.3 is 0 Å². The van der Waals surface area contributed by atoms with Crippen molar-refractivity contribution in [2.75, 3.05) is 6.54 Å². The van der Waals surface area contributed by atoms with Crippen LogP contribution in [0.2, 0.25) is 0 Å². The van der Waals surface area contributed by atoms with Gasteiger partial charge in [-0.3, -0.25) is 9.59 Å². The van der Waals surface area contributed by atoms with Gasteiger partial charge in [-0.25, -0.2) is 4.98 Å². The molecule has 0 aromatic carbocycles. The Hall–Kier alpha value is -1.77. The van der Waals surface area contributed by atoms with Crippen LogP contribution in [-0.4, -0.2) is 34.6 Å². The van der Waals surface area contributed by atoms with E-state index in [1.165, 1.54) is 11.3 Å². The normalized spacial score (nSPS) is 12.1. The van der Waals surface area contributed by atoms with Crippen LogP contribution in [0.1, 0.15) is 15.4 Å². The third kappa shape index (κ3) is 3.21. The van der Waals surface area contributed by atoms with Crippen LogP contribution in [0.5, 0.6) is 0 Å². The van der Waals surface area contributed by atoms with Gasteiger partial charge in [0.1, 0.15) is 16.0 Å². The number of hydrogen-bond acceptors (Lipinski definition) is 6. The number of thiazole rings is 1. The summed E-state index contributed by atoms with van der Waals surface area (Å²) in [5, 5.41) is 14.4. The van der Waals surface area contributed by atoms with E-state index in [0.717, 1.165) is 9.88 Å². The molecular weight excluding hydrogens is 298 g/mol. The Bertz CT molecular complexity index is 622. The predicted molar refractivity (Wildman–Crippen MR) is 77.7 cm³/mol. The van der Waals surface area contributed by atoms with Crippen LogP contribution in [0.25, 0.3) is 9.88 Å². The van der Waals surface area contributed by atoms with Gasteiger partial charge in [-0.2, -0.15) is 0 Å². The molecule has 1 atom stereocenters. The van der Waals surface area contributed by atoms with Gasteiger partial charge in [-0.15, -0.1) is 22.7 Å². The molecule has 106 valence electrons. The van der Waals surface area contributed by atoms with Crippen molar-refractivity contribution in [3.8, 4) is 9.88 Å². The molecule has 8 heteroatoms. The fourth-order valence-electron chi connectivity index (χ4n) is 1.48. The van der Waals surface area contributed by atoms with Gasteiger partial charge < -0.3 is 16.2 Å². The first-order valence-corrected chi connectivity index (χ1v) is 7.45.